The van der Waals surface area contributed by atoms with Crippen LogP contribution in [0.1, 0.15) is 88.1 Å². The van der Waals surface area contributed by atoms with Gasteiger partial charge in [0, 0.05) is 97.8 Å². The van der Waals surface area contributed by atoms with Crippen LogP contribution in [0.3, 0.4) is 0 Å². The number of nitrogens with one attached hydrogen (secondary N) is 12. The Kier molecular flexibility index (Phi) is 24.1. The van der Waals surface area contributed by atoms with Crippen LogP contribution in [0.4, 0.5) is 0 Å². The number of carbonyl (C=O) groups excluding carboxylic acids is 10. The molecule has 0 aliphatic carbocycles. The number of aromatic nitrogens is 4. The Balaban J connectivity index is 1.05. The Hall–Kier alpha value is -10.3. The summed E-state index contributed by atoms with van der Waals surface area (Å²) in [4.78, 5) is 160. The summed E-state index contributed by atoms with van der Waals surface area (Å²) in [7, 11) is 0. The van der Waals surface area contributed by atoms with Crippen LogP contribution in [0.2, 0.25) is 0 Å². The summed E-state index contributed by atoms with van der Waals surface area (Å²) in [5.74, 6) is -7.59. The molecule has 10 amide bonds. The Morgan fingerprint density at radius 2 is 1.19 bits per heavy atom. The predicted molar refractivity (Wildman–Crippen MR) is 343 cm³/mol. The highest BCUT2D eigenvalue weighted by molar-refractivity contribution is 6.00. The van der Waals surface area contributed by atoms with Gasteiger partial charge in [0.25, 0.3) is 0 Å². The summed E-state index contributed by atoms with van der Waals surface area (Å²) in [6, 6.07) is 8.40. The zero-order valence-corrected chi connectivity index (χ0v) is 52.1. The molecule has 9 atom stereocenters. The van der Waals surface area contributed by atoms with E-state index >= 15 is 4.79 Å². The smallest absolute Gasteiger partial charge is 0.245 e. The van der Waals surface area contributed by atoms with E-state index < -0.39 is 108 Å². The molecule has 2 aliphatic rings. The highest BCUT2D eigenvalue weighted by atomic mass is 16.3. The molecule has 6 aromatic rings. The van der Waals surface area contributed by atoms with Gasteiger partial charge in [-0.2, -0.15) is 0 Å². The molecule has 18 N–H and O–H groups in total. The zero-order valence-electron chi connectivity index (χ0n) is 52.1. The fourth-order valence-corrected chi connectivity index (χ4v) is 11.5. The molecule has 5 heterocycles. The van der Waals surface area contributed by atoms with Gasteiger partial charge in [-0.1, -0.05) is 62.4 Å². The molecule has 0 bridgehead atoms. The Labute approximate surface area is 536 Å². The van der Waals surface area contributed by atoms with Gasteiger partial charge >= 0.3 is 0 Å². The lowest BCUT2D eigenvalue weighted by atomic mass is 9.99. The molecule has 0 spiro atoms. The van der Waals surface area contributed by atoms with E-state index in [2.05, 4.69) is 72.8 Å². The summed E-state index contributed by atoms with van der Waals surface area (Å²) >= 11 is 0. The van der Waals surface area contributed by atoms with E-state index in [9.17, 15) is 53.4 Å². The number of para-hydroxylation sites is 2. The average Bonchev–Trinajstić information content (AvgIpc) is 1.82. The van der Waals surface area contributed by atoms with Gasteiger partial charge in [-0.15, -0.1) is 0 Å². The number of nitrogens with two attached hydrogens (primary N) is 2. The van der Waals surface area contributed by atoms with Crippen molar-refractivity contribution in [3.8, 4) is 5.75 Å². The van der Waals surface area contributed by atoms with Gasteiger partial charge in [-0.05, 0) is 92.3 Å². The van der Waals surface area contributed by atoms with E-state index in [1.165, 1.54) is 41.7 Å². The van der Waals surface area contributed by atoms with E-state index in [1.54, 1.807) is 37.5 Å². The van der Waals surface area contributed by atoms with E-state index in [1.807, 2.05) is 44.2 Å². The number of nitrogens with zero attached hydrogens (tertiary/aromatic N) is 3. The standard InChI is InChI=1S/C64H83N17O12/c1-4-68-62(92)53-16-10-24-81(53)63(93)51(25-35(2)3)79-58(88)48(27-37-30-70-43-13-7-5-11-41(37)43)76-55(85)45(15-9-23-69-64(65)66)74-57(87)47(26-36-17-19-40(83)20-18-36)75-61(91)52(33-82)80-59(89)49(28-38-31-71-44-14-8-6-12-42(38)44)77-60(90)50(29-39-32-67-34-72-39)78-56(86)46-21-22-54(84)73-46/h5-8,11-14,17-20,30-32,34-35,45-53,70-71,82-83H,4,9-10,15-16,21-29,33H2,1-3H3,(H,67,72)(H,68,92)(H,73,84)(H,74,87)(H,75,91)(H,76,85)(H,77,90)(H,78,86)(H,79,88)(H,80,89)(H4,65,66,69)/t45-,46+,47+,48+,49+,50+,51+,52+,53+/m1/s1. The first-order chi connectivity index (χ1) is 44.7. The number of rotatable bonds is 32. The number of likely N-dealkylation sites (tertiary alicyclic amines) is 1. The van der Waals surface area contributed by atoms with Crippen molar-refractivity contribution in [1.29, 1.82) is 0 Å². The number of hydrogen-bond acceptors (Lipinski definition) is 14. The van der Waals surface area contributed by atoms with Gasteiger partial charge in [-0.25, -0.2) is 4.98 Å². The third-order valence-electron chi connectivity index (χ3n) is 16.3. The predicted octanol–water partition coefficient (Wildman–Crippen LogP) is -0.760. The minimum atomic E-state index is -1.79. The maximum Gasteiger partial charge on any atom is 0.245 e. The summed E-state index contributed by atoms with van der Waals surface area (Å²) in [5, 5.41) is 47.0. The fraction of sp³-hybridized carbons (Fsp3) is 0.438. The molecular weight excluding hydrogens is 1200 g/mol. The number of phenolic OH excluding ortho intramolecular Hbond substituents is 1. The van der Waals surface area contributed by atoms with Crippen molar-refractivity contribution >= 4 is 86.8 Å². The lowest BCUT2D eigenvalue weighted by Crippen LogP contribution is -2.61. The lowest BCUT2D eigenvalue weighted by Gasteiger charge is -2.31. The number of carbonyl (C=O) groups is 10. The van der Waals surface area contributed by atoms with Crippen molar-refractivity contribution < 1.29 is 58.2 Å². The monoisotopic (exact) mass is 1280 g/mol. The first-order valence-corrected chi connectivity index (χ1v) is 31.2. The molecule has 2 aliphatic heterocycles. The molecule has 8 rings (SSSR count). The van der Waals surface area contributed by atoms with Crippen LogP contribution < -0.4 is 59.3 Å². The number of aromatic amines is 3. The summed E-state index contributed by atoms with van der Waals surface area (Å²) in [6.07, 6.45) is 6.96. The highest BCUT2D eigenvalue weighted by Crippen LogP contribution is 2.24. The van der Waals surface area contributed by atoms with Crippen LogP contribution in [0.15, 0.2) is 103 Å². The second kappa shape index (κ2) is 32.6. The SMILES string of the molecule is CCNC(=O)[C@@H]1CCCN1C(=O)[C@H](CC(C)C)NC(=O)[C@H](Cc1c[nH]c2ccccc12)NC(=O)[C@@H](CCCN=C(N)N)NC(=O)[C@H](Cc1ccc(O)cc1)NC(=O)[C@H](CO)NC(=O)[C@H](Cc1c[nH]c2ccccc12)NC(=O)[C@H](Cc1cnc[nH]1)NC(=O)[C@@H]1CCC(=O)N1. The van der Waals surface area contributed by atoms with Gasteiger partial charge in [0.15, 0.2) is 5.96 Å². The van der Waals surface area contributed by atoms with Gasteiger partial charge in [-0.3, -0.25) is 52.9 Å². The number of fused-ring (bicyclic) bond motifs is 2. The van der Waals surface area contributed by atoms with E-state index in [0.717, 1.165) is 10.9 Å². The summed E-state index contributed by atoms with van der Waals surface area (Å²) < 4.78 is 0. The third kappa shape index (κ3) is 18.9. The first kappa shape index (κ1) is 68.6. The minimum absolute atomic E-state index is 0.000960. The molecule has 3 aromatic carbocycles. The van der Waals surface area contributed by atoms with Gasteiger partial charge in [0.05, 0.1) is 12.9 Å². The summed E-state index contributed by atoms with van der Waals surface area (Å²) in [5.41, 5.74) is 14.8. The van der Waals surface area contributed by atoms with Crippen molar-refractivity contribution in [3.05, 3.63) is 120 Å². The molecule has 2 fully saturated rings. The lowest BCUT2D eigenvalue weighted by molar-refractivity contribution is -0.142. The fourth-order valence-electron chi connectivity index (χ4n) is 11.5. The Bertz CT molecular complexity index is 3640. The molecule has 0 radical (unpaired) electrons. The van der Waals surface area contributed by atoms with Crippen LogP contribution in [0.5, 0.6) is 5.75 Å². The normalized spacial score (nSPS) is 16.8. The number of amides is 10. The van der Waals surface area contributed by atoms with Crippen LogP contribution in [-0.4, -0.2) is 181 Å². The Morgan fingerprint density at radius 1 is 0.656 bits per heavy atom. The number of aliphatic hydroxyl groups is 1. The molecule has 0 unspecified atom stereocenters. The maximum absolute atomic E-state index is 15.0. The number of H-pyrrole nitrogens is 3. The van der Waals surface area contributed by atoms with Gasteiger partial charge < -0.3 is 89.4 Å². The molecule has 29 heteroatoms. The maximum atomic E-state index is 15.0. The highest BCUT2D eigenvalue weighted by Gasteiger charge is 2.40. The largest absolute Gasteiger partial charge is 0.508 e. The van der Waals surface area contributed by atoms with Crippen molar-refractivity contribution in [3.63, 3.8) is 0 Å². The van der Waals surface area contributed by atoms with Crippen molar-refractivity contribution in [2.45, 2.75) is 146 Å². The number of imidazole rings is 1. The Morgan fingerprint density at radius 3 is 1.73 bits per heavy atom. The second-order valence-corrected chi connectivity index (χ2v) is 23.7. The number of hydrogen-bond donors (Lipinski definition) is 16. The van der Waals surface area contributed by atoms with E-state index in [0.29, 0.717) is 59.2 Å². The van der Waals surface area contributed by atoms with Crippen LogP contribution in [-0.2, 0) is 73.6 Å². The molecular formula is C64H83N17O12. The van der Waals surface area contributed by atoms with Crippen molar-refractivity contribution in [2.75, 3.05) is 26.2 Å². The topological polar surface area (TPSA) is 447 Å². The molecule has 29 nitrogen and oxygen atoms in total. The van der Waals surface area contributed by atoms with E-state index in [4.69, 9.17) is 11.5 Å². The number of phenols is 1. The molecule has 2 saturated heterocycles. The van der Waals surface area contributed by atoms with E-state index in [-0.39, 0.29) is 93.8 Å². The van der Waals surface area contributed by atoms with Crippen molar-refractivity contribution in [2.24, 2.45) is 22.4 Å². The molecule has 3 aromatic heterocycles. The molecule has 93 heavy (non-hydrogen) atoms. The number of aliphatic hydroxyl groups excluding tert-OH is 1. The number of benzene rings is 3. The van der Waals surface area contributed by atoms with Crippen LogP contribution >= 0.6 is 0 Å². The number of likely N-dealkylation sites (N-methyl/N-ethyl adjacent to an activating group) is 1. The summed E-state index contributed by atoms with van der Waals surface area (Å²) in [6.45, 7) is 5.17. The van der Waals surface area contributed by atoms with Crippen molar-refractivity contribution in [1.82, 2.24) is 72.7 Å². The zero-order chi connectivity index (χ0) is 66.7. The number of guanidine groups is 1. The second-order valence-electron chi connectivity index (χ2n) is 23.7. The van der Waals surface area contributed by atoms with Crippen LogP contribution in [0.25, 0.3) is 21.8 Å². The number of aliphatic imine (C=N–C) groups is 1. The molecule has 0 saturated carbocycles. The van der Waals surface area contributed by atoms with Crippen LogP contribution in [0, 0.1) is 5.92 Å². The molecule has 496 valence electrons. The minimum Gasteiger partial charge on any atom is -0.508 e. The first-order valence-electron chi connectivity index (χ1n) is 31.2. The quantitative estimate of drug-likeness (QED) is 0.0140. The average molecular weight is 1280 g/mol. The number of aromatic hydroxyl groups is 1. The van der Waals surface area contributed by atoms with Gasteiger partial charge in [0.2, 0.25) is 59.1 Å². The van der Waals surface area contributed by atoms with Gasteiger partial charge in [0.1, 0.15) is 60.1 Å². The third-order valence-corrected chi connectivity index (χ3v) is 16.3.